The number of rotatable bonds is 6. The van der Waals surface area contributed by atoms with Gasteiger partial charge in [0.25, 0.3) is 0 Å². The fourth-order valence-electron chi connectivity index (χ4n) is 5.14. The summed E-state index contributed by atoms with van der Waals surface area (Å²) in [5, 5.41) is 1.60. The van der Waals surface area contributed by atoms with Crippen LogP contribution >= 0.6 is 0 Å². The van der Waals surface area contributed by atoms with Gasteiger partial charge >= 0.3 is 0 Å². The normalized spacial score (nSPS) is 18.4. The van der Waals surface area contributed by atoms with Gasteiger partial charge in [-0.3, -0.25) is 0 Å². The van der Waals surface area contributed by atoms with Crippen LogP contribution in [0.4, 0.5) is 4.39 Å². The maximum atomic E-state index is 14.7. The van der Waals surface area contributed by atoms with E-state index in [1.807, 2.05) is 30.3 Å². The highest BCUT2D eigenvalue weighted by molar-refractivity contribution is 5.85. The molecule has 3 aromatic carbocycles. The third kappa shape index (κ3) is 5.94. The summed E-state index contributed by atoms with van der Waals surface area (Å²) in [6, 6.07) is 18.5. The molecule has 1 aliphatic carbocycles. The Morgan fingerprint density at radius 3 is 2.36 bits per heavy atom. The minimum Gasteiger partial charge on any atom is -0.206 e. The second-order valence-corrected chi connectivity index (χ2v) is 9.46. The molecule has 0 aliphatic heterocycles. The summed E-state index contributed by atoms with van der Waals surface area (Å²) in [7, 11) is 0. The van der Waals surface area contributed by atoms with Crippen LogP contribution in [0.1, 0.15) is 87.0 Å². The fourth-order valence-corrected chi connectivity index (χ4v) is 5.14. The molecule has 3 aromatic rings. The van der Waals surface area contributed by atoms with E-state index in [0.29, 0.717) is 11.3 Å². The molecule has 0 nitrogen and oxygen atoms in total. The number of fused-ring (bicyclic) bond motifs is 1. The Morgan fingerprint density at radius 1 is 0.909 bits per heavy atom. The van der Waals surface area contributed by atoms with Crippen LogP contribution in [0.2, 0.25) is 0 Å². The zero-order valence-electron chi connectivity index (χ0n) is 20.0. The number of hydrogen-bond acceptors (Lipinski definition) is 0. The van der Waals surface area contributed by atoms with E-state index >= 15 is 0 Å². The molecule has 0 bridgehead atoms. The van der Waals surface area contributed by atoms with E-state index < -0.39 is 0 Å². The highest BCUT2D eigenvalue weighted by Gasteiger charge is 2.21. The molecule has 0 amide bonds. The van der Waals surface area contributed by atoms with Crippen molar-refractivity contribution in [3.05, 3.63) is 94.8 Å². The van der Waals surface area contributed by atoms with Gasteiger partial charge in [-0.05, 0) is 104 Å². The third-order valence-electron chi connectivity index (χ3n) is 7.11. The monoisotopic (exact) mass is 438 g/mol. The molecule has 1 heteroatoms. The molecule has 0 saturated heterocycles. The zero-order valence-corrected chi connectivity index (χ0v) is 20.0. The van der Waals surface area contributed by atoms with Gasteiger partial charge in [0.05, 0.1) is 0 Å². The summed E-state index contributed by atoms with van der Waals surface area (Å²) in [6.45, 7) is 4.18. The van der Waals surface area contributed by atoms with Gasteiger partial charge in [-0.15, -0.1) is 0 Å². The molecule has 33 heavy (non-hydrogen) atoms. The summed E-state index contributed by atoms with van der Waals surface area (Å²) in [5.41, 5.74) is 4.20. The Hall–Kier alpha value is -2.85. The number of benzene rings is 3. The van der Waals surface area contributed by atoms with Crippen molar-refractivity contribution in [1.29, 1.82) is 0 Å². The van der Waals surface area contributed by atoms with Crippen molar-refractivity contribution in [3.63, 3.8) is 0 Å². The van der Waals surface area contributed by atoms with Crippen molar-refractivity contribution in [1.82, 2.24) is 0 Å². The molecule has 0 unspecified atom stereocenters. The number of hydrogen-bond donors (Lipinski definition) is 0. The summed E-state index contributed by atoms with van der Waals surface area (Å²) in [4.78, 5) is 0. The van der Waals surface area contributed by atoms with Gasteiger partial charge < -0.3 is 0 Å². The van der Waals surface area contributed by atoms with E-state index in [9.17, 15) is 4.39 Å². The molecule has 0 spiro atoms. The van der Waals surface area contributed by atoms with Gasteiger partial charge in [0, 0.05) is 16.5 Å². The SMILES string of the molecule is C/C=C/CCC1CCC(c2ccc(C#Cc3ccc4c(F)c(CCC)ccc4c3)cc2)CC1. The number of halogens is 1. The largest absolute Gasteiger partial charge is 0.206 e. The molecule has 0 N–H and O–H groups in total. The van der Waals surface area contributed by atoms with Gasteiger partial charge in [0.15, 0.2) is 0 Å². The molecule has 0 atom stereocenters. The first-order chi connectivity index (χ1) is 16.2. The smallest absolute Gasteiger partial charge is 0.134 e. The Balaban J connectivity index is 1.39. The van der Waals surface area contributed by atoms with Crippen LogP contribution in [0.3, 0.4) is 0 Å². The lowest BCUT2D eigenvalue weighted by atomic mass is 9.77. The van der Waals surface area contributed by atoms with Crippen LogP contribution in [0, 0.1) is 23.6 Å². The summed E-state index contributed by atoms with van der Waals surface area (Å²) < 4.78 is 14.7. The molecule has 0 radical (unpaired) electrons. The summed E-state index contributed by atoms with van der Waals surface area (Å²) in [6.07, 6.45) is 14.1. The van der Waals surface area contributed by atoms with Crippen LogP contribution in [0.25, 0.3) is 10.8 Å². The maximum Gasteiger partial charge on any atom is 0.134 e. The van der Waals surface area contributed by atoms with E-state index in [4.69, 9.17) is 0 Å². The van der Waals surface area contributed by atoms with Crippen LogP contribution in [0.15, 0.2) is 66.7 Å². The van der Waals surface area contributed by atoms with E-state index in [0.717, 1.165) is 40.8 Å². The third-order valence-corrected chi connectivity index (χ3v) is 7.11. The number of aryl methyl sites for hydroxylation is 1. The predicted molar refractivity (Wildman–Crippen MR) is 139 cm³/mol. The molecule has 4 rings (SSSR count). The standard InChI is InChI=1S/C32H35F/c1-3-5-6-8-24-11-16-27(17-12-24)28-18-13-25(14-19-28)9-10-26-15-22-31-30(23-26)21-20-29(7-4-2)32(31)33/h3,5,13-15,18-24,27H,4,6-8,11-12,16-17H2,1-2H3/b5-3+. The first-order valence-corrected chi connectivity index (χ1v) is 12.6. The molecule has 170 valence electrons. The van der Waals surface area contributed by atoms with Crippen LogP contribution in [-0.2, 0) is 6.42 Å². The van der Waals surface area contributed by atoms with Crippen LogP contribution < -0.4 is 0 Å². The van der Waals surface area contributed by atoms with Crippen molar-refractivity contribution in [3.8, 4) is 11.8 Å². The van der Waals surface area contributed by atoms with Gasteiger partial charge in [0.2, 0.25) is 0 Å². The minimum atomic E-state index is -0.0868. The van der Waals surface area contributed by atoms with Gasteiger partial charge in [0.1, 0.15) is 5.82 Å². The average molecular weight is 439 g/mol. The highest BCUT2D eigenvalue weighted by Crippen LogP contribution is 2.37. The summed E-state index contributed by atoms with van der Waals surface area (Å²) in [5.74, 6) is 8.06. The van der Waals surface area contributed by atoms with E-state index in [1.165, 1.54) is 44.1 Å². The maximum absolute atomic E-state index is 14.7. The quantitative estimate of drug-likeness (QED) is 0.266. The second kappa shape index (κ2) is 11.3. The molecule has 1 aliphatic rings. The lowest BCUT2D eigenvalue weighted by Crippen LogP contribution is -2.13. The topological polar surface area (TPSA) is 0 Å². The van der Waals surface area contributed by atoms with Gasteiger partial charge in [-0.2, -0.15) is 0 Å². The average Bonchev–Trinajstić information content (AvgIpc) is 2.85. The lowest BCUT2D eigenvalue weighted by molar-refractivity contribution is 0.312. The van der Waals surface area contributed by atoms with Crippen molar-refractivity contribution >= 4 is 10.8 Å². The Morgan fingerprint density at radius 2 is 1.64 bits per heavy atom. The molecular formula is C32H35F. The lowest BCUT2D eigenvalue weighted by Gasteiger charge is -2.28. The van der Waals surface area contributed by atoms with Crippen LogP contribution in [0.5, 0.6) is 0 Å². The van der Waals surface area contributed by atoms with E-state index in [1.54, 1.807) is 0 Å². The number of allylic oxidation sites excluding steroid dienone is 2. The van der Waals surface area contributed by atoms with E-state index in [-0.39, 0.29) is 5.82 Å². The Labute approximate surface area is 198 Å². The molecule has 0 heterocycles. The second-order valence-electron chi connectivity index (χ2n) is 9.46. The van der Waals surface area contributed by atoms with Crippen molar-refractivity contribution in [2.75, 3.05) is 0 Å². The molecule has 0 aromatic heterocycles. The fraction of sp³-hybridized carbons (Fsp3) is 0.375. The molecule has 1 saturated carbocycles. The molecular weight excluding hydrogens is 403 g/mol. The van der Waals surface area contributed by atoms with Crippen molar-refractivity contribution < 1.29 is 4.39 Å². The van der Waals surface area contributed by atoms with Crippen molar-refractivity contribution in [2.45, 2.75) is 71.1 Å². The van der Waals surface area contributed by atoms with E-state index in [2.05, 4.69) is 62.1 Å². The van der Waals surface area contributed by atoms with Crippen LogP contribution in [-0.4, -0.2) is 0 Å². The first kappa shape index (κ1) is 23.3. The Bertz CT molecular complexity index is 1150. The first-order valence-electron chi connectivity index (χ1n) is 12.6. The van der Waals surface area contributed by atoms with Gasteiger partial charge in [-0.1, -0.05) is 67.7 Å². The van der Waals surface area contributed by atoms with Gasteiger partial charge in [-0.25, -0.2) is 4.39 Å². The minimum absolute atomic E-state index is 0.0868. The molecule has 1 fully saturated rings. The predicted octanol–water partition coefficient (Wildman–Crippen LogP) is 8.96. The Kier molecular flexibility index (Phi) is 8.01. The zero-order chi connectivity index (χ0) is 23.0. The summed E-state index contributed by atoms with van der Waals surface area (Å²) >= 11 is 0. The van der Waals surface area contributed by atoms with Crippen molar-refractivity contribution in [2.24, 2.45) is 5.92 Å². The highest BCUT2D eigenvalue weighted by atomic mass is 19.1.